The molecular formula is C12H12FN3O3. The third kappa shape index (κ3) is 3.51. The highest BCUT2D eigenvalue weighted by atomic mass is 19.1. The van der Waals surface area contributed by atoms with Gasteiger partial charge in [0, 0.05) is 12.1 Å². The Hall–Kier alpha value is -2.44. The maximum absolute atomic E-state index is 12.9. The number of rotatable bonds is 2. The minimum atomic E-state index is -0.758. The van der Waals surface area contributed by atoms with Crippen LogP contribution in [0.1, 0.15) is 12.8 Å². The summed E-state index contributed by atoms with van der Waals surface area (Å²) in [4.78, 5) is 34.0. The Morgan fingerprint density at radius 1 is 1.37 bits per heavy atom. The summed E-state index contributed by atoms with van der Waals surface area (Å²) in [6.45, 7) is 0. The molecule has 100 valence electrons. The summed E-state index contributed by atoms with van der Waals surface area (Å²) >= 11 is 0. The Balaban J connectivity index is 1.91. The van der Waals surface area contributed by atoms with Crippen LogP contribution in [0, 0.1) is 5.82 Å². The van der Waals surface area contributed by atoms with Crippen molar-refractivity contribution >= 4 is 23.5 Å². The average molecular weight is 265 g/mol. The number of halogens is 1. The molecule has 1 aliphatic heterocycles. The molecule has 1 aromatic carbocycles. The molecule has 4 amide bonds. The smallest absolute Gasteiger partial charge is 0.319 e. The van der Waals surface area contributed by atoms with Gasteiger partial charge in [0.05, 0.1) is 0 Å². The fourth-order valence-corrected chi connectivity index (χ4v) is 1.72. The molecule has 2 rings (SSSR count). The third-order valence-electron chi connectivity index (χ3n) is 2.63. The Morgan fingerprint density at radius 3 is 2.84 bits per heavy atom. The minimum absolute atomic E-state index is 0.177. The molecule has 7 heteroatoms. The number of carbonyl (C=O) groups excluding carboxylic acids is 3. The summed E-state index contributed by atoms with van der Waals surface area (Å²) in [6.07, 6.45) is 0.428. The number of carbonyl (C=O) groups is 3. The van der Waals surface area contributed by atoms with Gasteiger partial charge in [-0.3, -0.25) is 14.9 Å². The largest absolute Gasteiger partial charge is 0.326 e. The molecule has 1 unspecified atom stereocenters. The number of benzene rings is 1. The summed E-state index contributed by atoms with van der Waals surface area (Å²) in [5.41, 5.74) is 0.282. The molecule has 3 N–H and O–H groups in total. The zero-order valence-electron chi connectivity index (χ0n) is 9.90. The van der Waals surface area contributed by atoms with Crippen molar-refractivity contribution in [3.63, 3.8) is 0 Å². The fraction of sp³-hybridized carbons (Fsp3) is 0.250. The van der Waals surface area contributed by atoms with Crippen molar-refractivity contribution < 1.29 is 18.8 Å². The van der Waals surface area contributed by atoms with Crippen LogP contribution in [-0.2, 0) is 9.59 Å². The van der Waals surface area contributed by atoms with Gasteiger partial charge < -0.3 is 10.6 Å². The second-order valence-corrected chi connectivity index (χ2v) is 4.11. The normalized spacial score (nSPS) is 18.7. The molecule has 0 bridgehead atoms. The molecule has 0 spiro atoms. The molecule has 1 aromatic rings. The number of anilines is 1. The van der Waals surface area contributed by atoms with Crippen LogP contribution in [0.3, 0.4) is 0 Å². The van der Waals surface area contributed by atoms with Crippen LogP contribution < -0.4 is 16.0 Å². The molecule has 1 atom stereocenters. The predicted molar refractivity (Wildman–Crippen MR) is 64.7 cm³/mol. The van der Waals surface area contributed by atoms with Gasteiger partial charge in [-0.15, -0.1) is 0 Å². The fourth-order valence-electron chi connectivity index (χ4n) is 1.72. The minimum Gasteiger partial charge on any atom is -0.326 e. The SMILES string of the molecule is O=C1CCC(NC(=O)Nc2cccc(F)c2)C(=O)N1. The highest BCUT2D eigenvalue weighted by Crippen LogP contribution is 2.09. The van der Waals surface area contributed by atoms with E-state index in [4.69, 9.17) is 0 Å². The lowest BCUT2D eigenvalue weighted by Gasteiger charge is -2.21. The first-order valence-electron chi connectivity index (χ1n) is 5.71. The van der Waals surface area contributed by atoms with E-state index in [0.29, 0.717) is 0 Å². The number of piperidine rings is 1. The standard InChI is InChI=1S/C12H12FN3O3/c13-7-2-1-3-8(6-7)14-12(19)15-9-4-5-10(17)16-11(9)18/h1-3,6,9H,4-5H2,(H2,14,15,19)(H,16,17,18). The van der Waals surface area contributed by atoms with Gasteiger partial charge >= 0.3 is 6.03 Å². The number of imide groups is 1. The van der Waals surface area contributed by atoms with Crippen molar-refractivity contribution in [1.82, 2.24) is 10.6 Å². The van der Waals surface area contributed by atoms with Crippen molar-refractivity contribution in [2.24, 2.45) is 0 Å². The van der Waals surface area contributed by atoms with Crippen molar-refractivity contribution in [1.29, 1.82) is 0 Å². The van der Waals surface area contributed by atoms with E-state index < -0.39 is 23.8 Å². The Labute approximate surface area is 108 Å². The van der Waals surface area contributed by atoms with Crippen LogP contribution in [0.2, 0.25) is 0 Å². The van der Waals surface area contributed by atoms with E-state index in [2.05, 4.69) is 16.0 Å². The Morgan fingerprint density at radius 2 is 2.16 bits per heavy atom. The molecule has 1 heterocycles. The van der Waals surface area contributed by atoms with Gasteiger partial charge in [0.2, 0.25) is 11.8 Å². The van der Waals surface area contributed by atoms with Gasteiger partial charge in [-0.2, -0.15) is 0 Å². The van der Waals surface area contributed by atoms with Crippen molar-refractivity contribution in [2.75, 3.05) is 5.32 Å². The molecule has 0 saturated carbocycles. The molecular weight excluding hydrogens is 253 g/mol. The quantitative estimate of drug-likeness (QED) is 0.690. The molecule has 1 fully saturated rings. The molecule has 1 aliphatic rings. The molecule has 1 saturated heterocycles. The highest BCUT2D eigenvalue weighted by molar-refractivity contribution is 6.02. The molecule has 0 aliphatic carbocycles. The second kappa shape index (κ2) is 5.47. The molecule has 19 heavy (non-hydrogen) atoms. The van der Waals surface area contributed by atoms with Gasteiger partial charge in [-0.1, -0.05) is 6.07 Å². The molecule has 0 aromatic heterocycles. The van der Waals surface area contributed by atoms with E-state index in [9.17, 15) is 18.8 Å². The lowest BCUT2D eigenvalue weighted by Crippen LogP contribution is -2.53. The van der Waals surface area contributed by atoms with Crippen molar-refractivity contribution in [2.45, 2.75) is 18.9 Å². The van der Waals surface area contributed by atoms with Gasteiger partial charge in [0.1, 0.15) is 11.9 Å². The maximum Gasteiger partial charge on any atom is 0.319 e. The average Bonchev–Trinajstić information content (AvgIpc) is 2.33. The van der Waals surface area contributed by atoms with Crippen molar-refractivity contribution in [3.05, 3.63) is 30.1 Å². The van der Waals surface area contributed by atoms with E-state index >= 15 is 0 Å². The molecule has 6 nitrogen and oxygen atoms in total. The maximum atomic E-state index is 12.9. The summed E-state index contributed by atoms with van der Waals surface area (Å²) in [5, 5.41) is 6.95. The van der Waals surface area contributed by atoms with Crippen LogP contribution in [0.4, 0.5) is 14.9 Å². The zero-order chi connectivity index (χ0) is 13.8. The lowest BCUT2D eigenvalue weighted by molar-refractivity contribution is -0.134. The number of nitrogens with one attached hydrogen (secondary N) is 3. The van der Waals surface area contributed by atoms with E-state index in [1.807, 2.05) is 0 Å². The summed E-state index contributed by atoms with van der Waals surface area (Å²) in [7, 11) is 0. The highest BCUT2D eigenvalue weighted by Gasteiger charge is 2.27. The van der Waals surface area contributed by atoms with Crippen LogP contribution in [-0.4, -0.2) is 23.9 Å². The Kier molecular flexibility index (Phi) is 3.74. The van der Waals surface area contributed by atoms with Crippen molar-refractivity contribution in [3.8, 4) is 0 Å². The van der Waals surface area contributed by atoms with Gasteiger partial charge in [0.25, 0.3) is 0 Å². The van der Waals surface area contributed by atoms with Crippen LogP contribution in [0.15, 0.2) is 24.3 Å². The number of hydrogen-bond donors (Lipinski definition) is 3. The van der Waals surface area contributed by atoms with E-state index in [-0.39, 0.29) is 24.4 Å². The van der Waals surface area contributed by atoms with Gasteiger partial charge in [0.15, 0.2) is 0 Å². The van der Waals surface area contributed by atoms with Crippen LogP contribution in [0.25, 0.3) is 0 Å². The van der Waals surface area contributed by atoms with E-state index in [1.165, 1.54) is 18.2 Å². The summed E-state index contributed by atoms with van der Waals surface area (Å²) in [6, 6.07) is 4.00. The van der Waals surface area contributed by atoms with E-state index in [1.54, 1.807) is 0 Å². The first-order chi connectivity index (χ1) is 9.04. The summed E-state index contributed by atoms with van der Waals surface area (Å²) < 4.78 is 12.9. The predicted octanol–water partition coefficient (Wildman–Crippen LogP) is 0.752. The second-order valence-electron chi connectivity index (χ2n) is 4.11. The van der Waals surface area contributed by atoms with Crippen LogP contribution in [0.5, 0.6) is 0 Å². The molecule has 0 radical (unpaired) electrons. The topological polar surface area (TPSA) is 87.3 Å². The van der Waals surface area contributed by atoms with Gasteiger partial charge in [-0.25, -0.2) is 9.18 Å². The van der Waals surface area contributed by atoms with E-state index in [0.717, 1.165) is 6.07 Å². The summed E-state index contributed by atoms with van der Waals surface area (Å²) in [5.74, 6) is -1.36. The first kappa shape index (κ1) is 13.0. The number of amides is 4. The van der Waals surface area contributed by atoms with Crippen LogP contribution >= 0.6 is 0 Å². The lowest BCUT2D eigenvalue weighted by atomic mass is 10.1. The monoisotopic (exact) mass is 265 g/mol. The zero-order valence-corrected chi connectivity index (χ0v) is 9.90. The first-order valence-corrected chi connectivity index (χ1v) is 5.71. The third-order valence-corrected chi connectivity index (χ3v) is 2.63. The number of urea groups is 1. The number of hydrogen-bond acceptors (Lipinski definition) is 3. The van der Waals surface area contributed by atoms with Gasteiger partial charge in [-0.05, 0) is 24.6 Å². The Bertz CT molecular complexity index is 533.